The lowest BCUT2D eigenvalue weighted by Crippen LogP contribution is -1.93. The molecule has 0 aliphatic rings. The summed E-state index contributed by atoms with van der Waals surface area (Å²) >= 11 is 0. The number of benzene rings is 1. The number of non-ortho nitro benzene ring substituents is 1. The summed E-state index contributed by atoms with van der Waals surface area (Å²) < 4.78 is 0. The largest absolute Gasteiger partial charge is 0.384 e. The van der Waals surface area contributed by atoms with E-state index in [1.807, 2.05) is 0 Å². The van der Waals surface area contributed by atoms with E-state index in [0.29, 0.717) is 17.1 Å². The van der Waals surface area contributed by atoms with Crippen LogP contribution in [0.4, 0.5) is 11.5 Å². The van der Waals surface area contributed by atoms with Gasteiger partial charge >= 0.3 is 0 Å². The highest BCUT2D eigenvalue weighted by Gasteiger charge is 2.07. The molecule has 0 amide bonds. The predicted octanol–water partition coefficient (Wildman–Crippen LogP) is 1.63. The van der Waals surface area contributed by atoms with Crippen LogP contribution in [-0.4, -0.2) is 14.9 Å². The number of hydrogen-bond acceptors (Lipinski definition) is 5. The maximum atomic E-state index is 10.6. The van der Waals surface area contributed by atoms with Crippen molar-refractivity contribution in [1.29, 1.82) is 0 Å². The first-order chi connectivity index (χ1) is 7.66. The van der Waals surface area contributed by atoms with E-state index < -0.39 is 4.92 Å². The van der Waals surface area contributed by atoms with Crippen LogP contribution in [0.5, 0.6) is 0 Å². The molecule has 2 N–H and O–H groups in total. The zero-order valence-corrected chi connectivity index (χ0v) is 8.20. The molecule has 1 heterocycles. The van der Waals surface area contributed by atoms with Crippen LogP contribution in [0.25, 0.3) is 11.3 Å². The number of nitrogen functional groups attached to an aromatic ring is 1. The Morgan fingerprint density at radius 1 is 1.25 bits per heavy atom. The number of nitrogens with zero attached hydrogens (tertiary/aromatic N) is 3. The van der Waals surface area contributed by atoms with Crippen molar-refractivity contribution in [3.05, 3.63) is 46.8 Å². The van der Waals surface area contributed by atoms with E-state index in [1.165, 1.54) is 18.5 Å². The maximum absolute atomic E-state index is 10.6. The second kappa shape index (κ2) is 3.93. The minimum atomic E-state index is -0.450. The van der Waals surface area contributed by atoms with Crippen molar-refractivity contribution in [3.63, 3.8) is 0 Å². The molecular weight excluding hydrogens is 208 g/mol. The number of hydrogen-bond donors (Lipinski definition) is 1. The van der Waals surface area contributed by atoms with Gasteiger partial charge in [0.1, 0.15) is 12.1 Å². The van der Waals surface area contributed by atoms with E-state index in [4.69, 9.17) is 5.73 Å². The smallest absolute Gasteiger partial charge is 0.270 e. The predicted molar refractivity (Wildman–Crippen MR) is 58.5 cm³/mol. The molecule has 1 aromatic heterocycles. The second-order valence-corrected chi connectivity index (χ2v) is 3.14. The SMILES string of the molecule is Nc1cc(-c2cccc([N+](=O)[O-])c2)ncn1. The Hall–Kier alpha value is -2.50. The molecule has 0 saturated heterocycles. The second-order valence-electron chi connectivity index (χ2n) is 3.14. The van der Waals surface area contributed by atoms with Gasteiger partial charge in [-0.3, -0.25) is 10.1 Å². The highest BCUT2D eigenvalue weighted by Crippen LogP contribution is 2.22. The van der Waals surface area contributed by atoms with Gasteiger partial charge in [-0.25, -0.2) is 9.97 Å². The number of aromatic nitrogens is 2. The molecule has 2 rings (SSSR count). The van der Waals surface area contributed by atoms with Gasteiger partial charge in [0.2, 0.25) is 0 Å². The summed E-state index contributed by atoms with van der Waals surface area (Å²) in [5, 5.41) is 10.6. The third kappa shape index (κ3) is 1.95. The van der Waals surface area contributed by atoms with Crippen molar-refractivity contribution in [3.8, 4) is 11.3 Å². The molecule has 0 radical (unpaired) electrons. The van der Waals surface area contributed by atoms with Gasteiger partial charge in [0.25, 0.3) is 5.69 Å². The fraction of sp³-hybridized carbons (Fsp3) is 0. The van der Waals surface area contributed by atoms with Crippen LogP contribution in [0.3, 0.4) is 0 Å². The topological polar surface area (TPSA) is 94.9 Å². The molecule has 0 saturated carbocycles. The summed E-state index contributed by atoms with van der Waals surface area (Å²) in [6.45, 7) is 0. The van der Waals surface area contributed by atoms with Crippen LogP contribution >= 0.6 is 0 Å². The highest BCUT2D eigenvalue weighted by atomic mass is 16.6. The van der Waals surface area contributed by atoms with E-state index >= 15 is 0 Å². The van der Waals surface area contributed by atoms with Gasteiger partial charge in [0.05, 0.1) is 10.6 Å². The summed E-state index contributed by atoms with van der Waals surface area (Å²) in [6, 6.07) is 7.77. The quantitative estimate of drug-likeness (QED) is 0.608. The Labute approximate surface area is 90.9 Å². The summed E-state index contributed by atoms with van der Waals surface area (Å²) in [4.78, 5) is 17.9. The van der Waals surface area contributed by atoms with Crippen molar-refractivity contribution in [2.45, 2.75) is 0 Å². The Bertz CT molecular complexity index is 542. The minimum Gasteiger partial charge on any atom is -0.384 e. The number of nitrogens with two attached hydrogens (primary N) is 1. The van der Waals surface area contributed by atoms with Gasteiger partial charge in [0.15, 0.2) is 0 Å². The van der Waals surface area contributed by atoms with Gasteiger partial charge in [0, 0.05) is 23.8 Å². The van der Waals surface area contributed by atoms with E-state index in [9.17, 15) is 10.1 Å². The van der Waals surface area contributed by atoms with Crippen LogP contribution in [-0.2, 0) is 0 Å². The van der Waals surface area contributed by atoms with Crippen molar-refractivity contribution in [1.82, 2.24) is 9.97 Å². The molecule has 6 heteroatoms. The Morgan fingerprint density at radius 3 is 2.75 bits per heavy atom. The van der Waals surface area contributed by atoms with Crippen LogP contribution in [0.1, 0.15) is 0 Å². The molecule has 1 aromatic carbocycles. The molecule has 80 valence electrons. The molecular formula is C10H8N4O2. The number of rotatable bonds is 2. The summed E-state index contributed by atoms with van der Waals surface area (Å²) in [5.41, 5.74) is 6.74. The third-order valence-electron chi connectivity index (χ3n) is 2.04. The van der Waals surface area contributed by atoms with Gasteiger partial charge in [-0.05, 0) is 0 Å². The van der Waals surface area contributed by atoms with E-state index in [1.54, 1.807) is 18.2 Å². The third-order valence-corrected chi connectivity index (χ3v) is 2.04. The maximum Gasteiger partial charge on any atom is 0.270 e. The molecule has 16 heavy (non-hydrogen) atoms. The van der Waals surface area contributed by atoms with Crippen molar-refractivity contribution in [2.24, 2.45) is 0 Å². The summed E-state index contributed by atoms with van der Waals surface area (Å²) in [6.07, 6.45) is 1.32. The lowest BCUT2D eigenvalue weighted by atomic mass is 10.1. The first-order valence-corrected chi connectivity index (χ1v) is 4.49. The summed E-state index contributed by atoms with van der Waals surface area (Å²) in [5.74, 6) is 0.330. The van der Waals surface area contributed by atoms with Crippen LogP contribution in [0, 0.1) is 10.1 Å². The van der Waals surface area contributed by atoms with E-state index in [0.717, 1.165) is 0 Å². The molecule has 0 unspecified atom stereocenters. The summed E-state index contributed by atoms with van der Waals surface area (Å²) in [7, 11) is 0. The number of anilines is 1. The number of nitro groups is 1. The molecule has 2 aromatic rings. The first kappa shape index (κ1) is 10.0. The lowest BCUT2D eigenvalue weighted by Gasteiger charge is -2.00. The van der Waals surface area contributed by atoms with E-state index in [-0.39, 0.29) is 5.69 Å². The van der Waals surface area contributed by atoms with Crippen molar-refractivity contribution >= 4 is 11.5 Å². The van der Waals surface area contributed by atoms with Crippen LogP contribution < -0.4 is 5.73 Å². The van der Waals surface area contributed by atoms with Crippen molar-refractivity contribution < 1.29 is 4.92 Å². The average molecular weight is 216 g/mol. The highest BCUT2D eigenvalue weighted by molar-refractivity contribution is 5.64. The monoisotopic (exact) mass is 216 g/mol. The normalized spacial score (nSPS) is 10.0. The van der Waals surface area contributed by atoms with Gasteiger partial charge in [-0.15, -0.1) is 0 Å². The van der Waals surface area contributed by atoms with E-state index in [2.05, 4.69) is 9.97 Å². The average Bonchev–Trinajstić information content (AvgIpc) is 2.29. The fourth-order valence-corrected chi connectivity index (χ4v) is 1.31. The van der Waals surface area contributed by atoms with Gasteiger partial charge in [-0.2, -0.15) is 0 Å². The lowest BCUT2D eigenvalue weighted by molar-refractivity contribution is -0.384. The zero-order chi connectivity index (χ0) is 11.5. The van der Waals surface area contributed by atoms with Crippen LogP contribution in [0.15, 0.2) is 36.7 Å². The van der Waals surface area contributed by atoms with Gasteiger partial charge < -0.3 is 5.73 Å². The first-order valence-electron chi connectivity index (χ1n) is 4.49. The standard InChI is InChI=1S/C10H8N4O2/c11-10-5-9(12-6-13-10)7-2-1-3-8(4-7)14(15)16/h1-6H,(H2,11,12,13). The molecule has 0 bridgehead atoms. The molecule has 0 aliphatic heterocycles. The minimum absolute atomic E-state index is 0.0229. The Balaban J connectivity index is 2.48. The molecule has 0 spiro atoms. The molecule has 0 aliphatic carbocycles. The fourth-order valence-electron chi connectivity index (χ4n) is 1.31. The molecule has 0 atom stereocenters. The Morgan fingerprint density at radius 2 is 2.06 bits per heavy atom. The van der Waals surface area contributed by atoms with Gasteiger partial charge in [-0.1, -0.05) is 12.1 Å². The molecule has 6 nitrogen and oxygen atoms in total. The van der Waals surface area contributed by atoms with Crippen molar-refractivity contribution in [2.75, 3.05) is 5.73 Å². The molecule has 0 fully saturated rings. The number of nitro benzene ring substituents is 1. The zero-order valence-electron chi connectivity index (χ0n) is 8.20. The Kier molecular flexibility index (Phi) is 2.47. The van der Waals surface area contributed by atoms with Crippen LogP contribution in [0.2, 0.25) is 0 Å².